The van der Waals surface area contributed by atoms with E-state index in [1.165, 1.54) is 11.3 Å². The number of nitrogens with zero attached hydrogens (tertiary/aromatic N) is 1. The van der Waals surface area contributed by atoms with E-state index in [0.29, 0.717) is 19.6 Å². The van der Waals surface area contributed by atoms with Crippen molar-refractivity contribution in [2.75, 3.05) is 11.5 Å². The van der Waals surface area contributed by atoms with Crippen LogP contribution < -0.4 is 4.90 Å². The summed E-state index contributed by atoms with van der Waals surface area (Å²) in [6.45, 7) is 2.87. The predicted molar refractivity (Wildman–Crippen MR) is 117 cm³/mol. The van der Waals surface area contributed by atoms with Crippen molar-refractivity contribution < 1.29 is 24.5 Å². The minimum Gasteiger partial charge on any atom is -0.478 e. The Bertz CT molecular complexity index is 848. The highest BCUT2D eigenvalue weighted by atomic mass is 32.1. The maximum absolute atomic E-state index is 12.4. The van der Waals surface area contributed by atoms with Crippen molar-refractivity contribution in [1.29, 1.82) is 0 Å². The molecule has 1 saturated heterocycles. The molecule has 0 bridgehead atoms. The lowest BCUT2D eigenvalue weighted by atomic mass is 10.0. The second-order valence-corrected chi connectivity index (χ2v) is 8.68. The van der Waals surface area contributed by atoms with Crippen LogP contribution in [0.1, 0.15) is 72.4 Å². The van der Waals surface area contributed by atoms with Crippen LogP contribution in [0, 0.1) is 0 Å². The smallest absolute Gasteiger partial charge is 0.336 e. The molecule has 1 aromatic carbocycles. The highest BCUT2D eigenvalue weighted by molar-refractivity contribution is 7.10. The molecule has 1 aliphatic rings. The number of anilines is 1. The van der Waals surface area contributed by atoms with Gasteiger partial charge in [0.25, 0.3) is 0 Å². The van der Waals surface area contributed by atoms with Crippen LogP contribution in [-0.4, -0.2) is 34.7 Å². The first-order valence-electron chi connectivity index (χ1n) is 10.5. The zero-order valence-corrected chi connectivity index (χ0v) is 18.1. The summed E-state index contributed by atoms with van der Waals surface area (Å²) in [7, 11) is 0. The van der Waals surface area contributed by atoms with E-state index in [1.54, 1.807) is 16.3 Å². The first kappa shape index (κ1) is 22.5. The molecule has 0 aliphatic carbocycles. The zero-order chi connectivity index (χ0) is 21.5. The van der Waals surface area contributed by atoms with Crippen molar-refractivity contribution in [3.63, 3.8) is 0 Å². The number of aliphatic hydroxyl groups is 1. The number of benzene rings is 1. The van der Waals surface area contributed by atoms with Gasteiger partial charge in [-0.15, -0.1) is 11.3 Å². The average molecular weight is 432 g/mol. The molecule has 1 aromatic heterocycles. The van der Waals surface area contributed by atoms with E-state index in [-0.39, 0.29) is 17.5 Å². The Morgan fingerprint density at radius 1 is 1.30 bits per heavy atom. The van der Waals surface area contributed by atoms with Gasteiger partial charge >= 0.3 is 5.97 Å². The minimum absolute atomic E-state index is 0.0447. The molecule has 1 fully saturated rings. The second kappa shape index (κ2) is 10.7. The Labute approximate surface area is 181 Å². The van der Waals surface area contributed by atoms with Crippen LogP contribution in [0.25, 0.3) is 0 Å². The molecule has 0 spiro atoms. The highest BCUT2D eigenvalue weighted by Crippen LogP contribution is 2.29. The van der Waals surface area contributed by atoms with Gasteiger partial charge < -0.3 is 19.8 Å². The predicted octanol–water partition coefficient (Wildman–Crippen LogP) is 4.77. The van der Waals surface area contributed by atoms with Gasteiger partial charge in [0.15, 0.2) is 0 Å². The van der Waals surface area contributed by atoms with Gasteiger partial charge in [0.2, 0.25) is 5.91 Å². The molecule has 2 N–H and O–H groups in total. The molecule has 7 heteroatoms. The van der Waals surface area contributed by atoms with Gasteiger partial charge in [-0.2, -0.15) is 0 Å². The lowest BCUT2D eigenvalue weighted by Crippen LogP contribution is -2.36. The first-order valence-corrected chi connectivity index (χ1v) is 11.4. The van der Waals surface area contributed by atoms with E-state index < -0.39 is 12.1 Å². The highest BCUT2D eigenvalue weighted by Gasteiger charge is 2.32. The maximum atomic E-state index is 12.4. The number of carbonyl (C=O) groups is 2. The topological polar surface area (TPSA) is 87.1 Å². The Balaban J connectivity index is 1.56. The largest absolute Gasteiger partial charge is 0.478 e. The molecular weight excluding hydrogens is 402 g/mol. The molecule has 0 saturated carbocycles. The van der Waals surface area contributed by atoms with Gasteiger partial charge in [0.1, 0.15) is 0 Å². The Kier molecular flexibility index (Phi) is 8.01. The Morgan fingerprint density at radius 3 is 2.73 bits per heavy atom. The number of unbranched alkanes of at least 4 members (excludes halogenated alkanes) is 2. The summed E-state index contributed by atoms with van der Waals surface area (Å²) >= 11 is 1.36. The number of aliphatic hydroxyl groups excluding tert-OH is 1. The van der Waals surface area contributed by atoms with Crippen molar-refractivity contribution in [2.24, 2.45) is 0 Å². The molecule has 0 unspecified atom stereocenters. The molecule has 1 aliphatic heterocycles. The number of hydrogen-bond donors (Lipinski definition) is 2. The molecule has 6 nitrogen and oxygen atoms in total. The summed E-state index contributed by atoms with van der Waals surface area (Å²) in [6.07, 6.45) is 4.73. The molecule has 30 heavy (non-hydrogen) atoms. The lowest BCUT2D eigenvalue weighted by molar-refractivity contribution is -0.117. The third kappa shape index (κ3) is 5.68. The number of ether oxygens (including phenoxy) is 1. The van der Waals surface area contributed by atoms with Crippen LogP contribution in [0.4, 0.5) is 5.69 Å². The van der Waals surface area contributed by atoms with Crippen LogP contribution in [0.3, 0.4) is 0 Å². The van der Waals surface area contributed by atoms with Crippen molar-refractivity contribution in [3.8, 4) is 0 Å². The third-order valence-electron chi connectivity index (χ3n) is 5.42. The van der Waals surface area contributed by atoms with Gasteiger partial charge in [-0.1, -0.05) is 38.3 Å². The van der Waals surface area contributed by atoms with Crippen molar-refractivity contribution in [2.45, 2.75) is 64.2 Å². The van der Waals surface area contributed by atoms with Crippen LogP contribution in [-0.2, 0) is 16.1 Å². The van der Waals surface area contributed by atoms with E-state index in [2.05, 4.69) is 6.92 Å². The van der Waals surface area contributed by atoms with Crippen molar-refractivity contribution >= 4 is 28.9 Å². The summed E-state index contributed by atoms with van der Waals surface area (Å²) < 4.78 is 5.80. The number of aromatic carboxylic acids is 1. The fraction of sp³-hybridized carbons (Fsp3) is 0.478. The fourth-order valence-corrected chi connectivity index (χ4v) is 4.53. The van der Waals surface area contributed by atoms with Crippen LogP contribution in [0.2, 0.25) is 0 Å². The molecule has 2 heterocycles. The number of carboxylic acids is 1. The Hall–Kier alpha value is -2.22. The molecule has 2 atom stereocenters. The van der Waals surface area contributed by atoms with Crippen LogP contribution in [0.5, 0.6) is 0 Å². The van der Waals surface area contributed by atoms with Crippen LogP contribution in [0.15, 0.2) is 35.7 Å². The second-order valence-electron chi connectivity index (χ2n) is 7.68. The molecular formula is C23H29NO5S. The quantitative estimate of drug-likeness (QED) is 0.500. The standard InChI is InChI=1S/C23H29NO5S/c1-2-3-4-5-21(25)16-6-8-18(9-7-16)24-19(10-11-22(24)26)13-29-14-20-12-17(15-30-20)23(27)28/h6-9,12,15,19,21,25H,2-5,10-11,13-14H2,1H3,(H,27,28)/t19-,21+/m1/s1. The molecule has 162 valence electrons. The molecule has 1 amide bonds. The van der Waals surface area contributed by atoms with Crippen molar-refractivity contribution in [1.82, 2.24) is 0 Å². The molecule has 3 rings (SSSR count). The Morgan fingerprint density at radius 2 is 2.07 bits per heavy atom. The number of carbonyl (C=O) groups excluding carboxylic acids is 1. The fourth-order valence-electron chi connectivity index (χ4n) is 3.73. The van der Waals surface area contributed by atoms with Gasteiger partial charge in [-0.25, -0.2) is 4.79 Å². The number of amides is 1. The zero-order valence-electron chi connectivity index (χ0n) is 17.3. The SMILES string of the molecule is CCCCC[C@H](O)c1ccc(N2C(=O)CC[C@@H]2COCc2cc(C(=O)O)cs2)cc1. The van der Waals surface area contributed by atoms with E-state index in [4.69, 9.17) is 9.84 Å². The van der Waals surface area contributed by atoms with Gasteiger partial charge in [0, 0.05) is 22.4 Å². The van der Waals surface area contributed by atoms with Gasteiger partial charge in [0.05, 0.1) is 30.9 Å². The number of rotatable bonds is 11. The summed E-state index contributed by atoms with van der Waals surface area (Å²) in [4.78, 5) is 26.1. The molecule has 0 radical (unpaired) electrons. The van der Waals surface area contributed by atoms with Crippen LogP contribution >= 0.6 is 11.3 Å². The van der Waals surface area contributed by atoms with Crippen molar-refractivity contribution in [3.05, 3.63) is 51.7 Å². The minimum atomic E-state index is -0.941. The maximum Gasteiger partial charge on any atom is 0.336 e. The van der Waals surface area contributed by atoms with E-state index in [0.717, 1.165) is 48.2 Å². The van der Waals surface area contributed by atoms with E-state index in [9.17, 15) is 14.7 Å². The normalized spacial score (nSPS) is 17.5. The van der Waals surface area contributed by atoms with E-state index >= 15 is 0 Å². The summed E-state index contributed by atoms with van der Waals surface area (Å²) in [5.41, 5.74) is 1.97. The number of hydrogen-bond acceptors (Lipinski definition) is 5. The number of thiophene rings is 1. The summed E-state index contributed by atoms with van der Waals surface area (Å²) in [6, 6.07) is 9.16. The van der Waals surface area contributed by atoms with E-state index in [1.807, 2.05) is 24.3 Å². The molecule has 2 aromatic rings. The summed E-state index contributed by atoms with van der Waals surface area (Å²) in [5.74, 6) is -0.867. The summed E-state index contributed by atoms with van der Waals surface area (Å²) in [5, 5.41) is 20.9. The number of carboxylic acid groups (broad SMARTS) is 1. The van der Waals surface area contributed by atoms with Gasteiger partial charge in [-0.05, 0) is 36.6 Å². The first-order chi connectivity index (χ1) is 14.5. The average Bonchev–Trinajstić information content (AvgIpc) is 3.35. The van der Waals surface area contributed by atoms with Gasteiger partial charge in [-0.3, -0.25) is 4.79 Å². The lowest BCUT2D eigenvalue weighted by Gasteiger charge is -2.25. The third-order valence-corrected chi connectivity index (χ3v) is 6.33. The monoisotopic (exact) mass is 431 g/mol.